The Morgan fingerprint density at radius 3 is 3.04 bits per heavy atom. The molecule has 0 radical (unpaired) electrons. The molecule has 1 N–H and O–H groups in total. The van der Waals surface area contributed by atoms with Gasteiger partial charge in [-0.25, -0.2) is 9.37 Å². The summed E-state index contributed by atoms with van der Waals surface area (Å²) in [7, 11) is 1.96. The van der Waals surface area contributed by atoms with E-state index in [2.05, 4.69) is 16.8 Å². The van der Waals surface area contributed by atoms with E-state index in [9.17, 15) is 9.18 Å². The zero-order valence-electron chi connectivity index (χ0n) is 15.9. The van der Waals surface area contributed by atoms with Crippen LogP contribution < -0.4 is 5.56 Å². The minimum atomic E-state index is -0.236. The second kappa shape index (κ2) is 7.17. The van der Waals surface area contributed by atoms with E-state index >= 15 is 0 Å². The first kappa shape index (κ1) is 18.3. The number of benzene rings is 1. The second-order valence-electron chi connectivity index (χ2n) is 7.70. The first-order chi connectivity index (χ1) is 12.9. The van der Waals surface area contributed by atoms with Crippen molar-refractivity contribution in [2.75, 3.05) is 7.05 Å². The van der Waals surface area contributed by atoms with Crippen LogP contribution in [0.4, 0.5) is 4.39 Å². The summed E-state index contributed by atoms with van der Waals surface area (Å²) in [6, 6.07) is 6.52. The van der Waals surface area contributed by atoms with Gasteiger partial charge >= 0.3 is 0 Å². The maximum absolute atomic E-state index is 13.4. The third kappa shape index (κ3) is 3.56. The van der Waals surface area contributed by atoms with Gasteiger partial charge in [0.05, 0.1) is 11.4 Å². The molecule has 0 amide bonds. The highest BCUT2D eigenvalue weighted by molar-refractivity contribution is 7.18. The van der Waals surface area contributed by atoms with Gasteiger partial charge in [-0.05, 0) is 62.4 Å². The number of hydrogen-bond acceptors (Lipinski definition) is 4. The highest BCUT2D eigenvalue weighted by Crippen LogP contribution is 2.36. The molecule has 0 spiro atoms. The number of aromatic amines is 1. The van der Waals surface area contributed by atoms with Crippen LogP contribution in [0.1, 0.15) is 48.1 Å². The molecule has 0 aliphatic heterocycles. The smallest absolute Gasteiger partial charge is 0.259 e. The number of halogens is 1. The molecular weight excluding hydrogens is 361 g/mol. The highest BCUT2D eigenvalue weighted by Gasteiger charge is 2.24. The van der Waals surface area contributed by atoms with E-state index in [1.807, 2.05) is 20.0 Å². The van der Waals surface area contributed by atoms with Gasteiger partial charge in [-0.3, -0.25) is 9.69 Å². The molecule has 1 aliphatic carbocycles. The summed E-state index contributed by atoms with van der Waals surface area (Å²) in [5, 5.41) is 0.783. The molecule has 0 saturated carbocycles. The molecule has 4 rings (SSSR count). The van der Waals surface area contributed by atoms with E-state index in [-0.39, 0.29) is 17.4 Å². The molecule has 0 fully saturated rings. The van der Waals surface area contributed by atoms with Gasteiger partial charge in [-0.2, -0.15) is 0 Å². The molecule has 27 heavy (non-hydrogen) atoms. The molecule has 1 aromatic carbocycles. The largest absolute Gasteiger partial charge is 0.309 e. The fraction of sp³-hybridized carbons (Fsp3) is 0.429. The summed E-state index contributed by atoms with van der Waals surface area (Å²) in [6.07, 6.45) is 3.14. The standard InChI is InChI=1S/C21H24FN3OS/c1-12-7-8-16-17(9-12)27-21-18(16)20(26)23-19(24-21)13(2)25(3)11-14-5-4-6-15(22)10-14/h4-6,10,12-13H,7-9,11H2,1-3H3,(H,23,24,26). The van der Waals surface area contributed by atoms with Gasteiger partial charge in [-0.1, -0.05) is 19.1 Å². The molecule has 142 valence electrons. The number of fused-ring (bicyclic) bond motifs is 3. The Bertz CT molecular complexity index is 1040. The zero-order valence-corrected chi connectivity index (χ0v) is 16.7. The van der Waals surface area contributed by atoms with Gasteiger partial charge in [0.1, 0.15) is 16.5 Å². The van der Waals surface area contributed by atoms with Gasteiger partial charge < -0.3 is 4.98 Å². The Morgan fingerprint density at radius 2 is 2.26 bits per heavy atom. The topological polar surface area (TPSA) is 49.0 Å². The summed E-state index contributed by atoms with van der Waals surface area (Å²) in [6.45, 7) is 4.86. The Kier molecular flexibility index (Phi) is 4.86. The van der Waals surface area contributed by atoms with Gasteiger partial charge in [0.2, 0.25) is 0 Å². The Balaban J connectivity index is 1.64. The van der Waals surface area contributed by atoms with E-state index < -0.39 is 0 Å². The summed E-state index contributed by atoms with van der Waals surface area (Å²) < 4.78 is 13.4. The summed E-state index contributed by atoms with van der Waals surface area (Å²) in [4.78, 5) is 24.8. The predicted octanol–water partition coefficient (Wildman–Crippen LogP) is 4.44. The first-order valence-electron chi connectivity index (χ1n) is 9.41. The summed E-state index contributed by atoms with van der Waals surface area (Å²) in [5.41, 5.74) is 2.07. The van der Waals surface area contributed by atoms with Crippen molar-refractivity contribution in [1.29, 1.82) is 0 Å². The van der Waals surface area contributed by atoms with E-state index in [4.69, 9.17) is 4.98 Å². The first-order valence-corrected chi connectivity index (χ1v) is 10.2. The van der Waals surface area contributed by atoms with Crippen molar-refractivity contribution in [3.8, 4) is 0 Å². The van der Waals surface area contributed by atoms with Crippen LogP contribution in [-0.2, 0) is 19.4 Å². The molecule has 0 bridgehead atoms. The van der Waals surface area contributed by atoms with E-state index in [1.165, 1.54) is 22.6 Å². The lowest BCUT2D eigenvalue weighted by atomic mass is 9.89. The maximum Gasteiger partial charge on any atom is 0.259 e. The molecule has 3 aromatic rings. The monoisotopic (exact) mass is 385 g/mol. The van der Waals surface area contributed by atoms with Crippen molar-refractivity contribution < 1.29 is 4.39 Å². The van der Waals surface area contributed by atoms with E-state index in [1.54, 1.807) is 17.4 Å². The molecule has 2 unspecified atom stereocenters. The lowest BCUT2D eigenvalue weighted by molar-refractivity contribution is 0.243. The number of H-pyrrole nitrogens is 1. The molecule has 2 aromatic heterocycles. The maximum atomic E-state index is 13.4. The number of hydrogen-bond donors (Lipinski definition) is 1. The van der Waals surface area contributed by atoms with Crippen LogP contribution in [0.25, 0.3) is 10.2 Å². The Morgan fingerprint density at radius 1 is 1.44 bits per heavy atom. The van der Waals surface area contributed by atoms with Gasteiger partial charge in [-0.15, -0.1) is 11.3 Å². The fourth-order valence-electron chi connectivity index (χ4n) is 3.83. The number of nitrogens with one attached hydrogen (secondary N) is 1. The SMILES string of the molecule is CC1CCc2c(sc3nc(C(C)N(C)Cc4cccc(F)c4)[nH]c(=O)c23)C1. The van der Waals surface area contributed by atoms with Crippen molar-refractivity contribution in [3.63, 3.8) is 0 Å². The quantitative estimate of drug-likeness (QED) is 0.722. The average molecular weight is 386 g/mol. The molecule has 0 saturated heterocycles. The lowest BCUT2D eigenvalue weighted by Crippen LogP contribution is -2.26. The minimum Gasteiger partial charge on any atom is -0.309 e. The van der Waals surface area contributed by atoms with Crippen LogP contribution in [0.2, 0.25) is 0 Å². The molecule has 1 aliphatic rings. The van der Waals surface area contributed by atoms with Gasteiger partial charge in [0, 0.05) is 11.4 Å². The number of rotatable bonds is 4. The molecule has 4 nitrogen and oxygen atoms in total. The predicted molar refractivity (Wildman–Crippen MR) is 108 cm³/mol. The van der Waals surface area contributed by atoms with Crippen LogP contribution in [0.5, 0.6) is 0 Å². The fourth-order valence-corrected chi connectivity index (χ4v) is 5.22. The van der Waals surface area contributed by atoms with Crippen molar-refractivity contribution >= 4 is 21.6 Å². The second-order valence-corrected chi connectivity index (χ2v) is 8.79. The number of aromatic nitrogens is 2. The van der Waals surface area contributed by atoms with Gasteiger partial charge in [0.15, 0.2) is 0 Å². The van der Waals surface area contributed by atoms with Gasteiger partial charge in [0.25, 0.3) is 5.56 Å². The third-order valence-corrected chi connectivity index (χ3v) is 6.71. The molecule has 6 heteroatoms. The average Bonchev–Trinajstić information content (AvgIpc) is 2.98. The highest BCUT2D eigenvalue weighted by atomic mass is 32.1. The number of nitrogens with zero attached hydrogens (tertiary/aromatic N) is 2. The lowest BCUT2D eigenvalue weighted by Gasteiger charge is -2.24. The van der Waals surface area contributed by atoms with Crippen LogP contribution in [0.15, 0.2) is 29.1 Å². The minimum absolute atomic E-state index is 0.0342. The van der Waals surface area contributed by atoms with E-state index in [0.29, 0.717) is 18.3 Å². The van der Waals surface area contributed by atoms with Crippen LogP contribution in [0.3, 0.4) is 0 Å². The normalized spacial score (nSPS) is 18.0. The molecule has 2 heterocycles. The Hall–Kier alpha value is -2.05. The van der Waals surface area contributed by atoms with Crippen molar-refractivity contribution in [2.24, 2.45) is 5.92 Å². The zero-order chi connectivity index (χ0) is 19.1. The summed E-state index contributed by atoms with van der Waals surface area (Å²) in [5.74, 6) is 1.10. The molecular formula is C21H24FN3OS. The van der Waals surface area contributed by atoms with Crippen molar-refractivity contribution in [3.05, 3.63) is 62.3 Å². The van der Waals surface area contributed by atoms with Crippen LogP contribution >= 0.6 is 11.3 Å². The summed E-state index contributed by atoms with van der Waals surface area (Å²) >= 11 is 1.67. The van der Waals surface area contributed by atoms with Crippen molar-refractivity contribution in [1.82, 2.24) is 14.9 Å². The molecule has 2 atom stereocenters. The Labute approximate surface area is 162 Å². The third-order valence-electron chi connectivity index (χ3n) is 5.56. The van der Waals surface area contributed by atoms with Crippen molar-refractivity contribution in [2.45, 2.75) is 45.7 Å². The van der Waals surface area contributed by atoms with Crippen LogP contribution in [-0.4, -0.2) is 21.9 Å². The van der Waals surface area contributed by atoms with E-state index in [0.717, 1.165) is 35.0 Å². The number of thiophene rings is 1. The van der Waals surface area contributed by atoms with Crippen LogP contribution in [0, 0.1) is 11.7 Å². The number of aryl methyl sites for hydroxylation is 1.